The third-order valence-electron chi connectivity index (χ3n) is 5.37. The van der Waals surface area contributed by atoms with Crippen molar-refractivity contribution in [1.29, 1.82) is 0 Å². The molecule has 158 valence electrons. The summed E-state index contributed by atoms with van der Waals surface area (Å²) in [5, 5.41) is 6.13. The van der Waals surface area contributed by atoms with Crippen molar-refractivity contribution in [2.75, 3.05) is 0 Å². The maximum atomic E-state index is 13.3. The van der Waals surface area contributed by atoms with E-state index in [0.717, 1.165) is 31.5 Å². The molecule has 3 heterocycles. The van der Waals surface area contributed by atoms with E-state index in [1.807, 2.05) is 55.6 Å². The number of carbonyl (C=O) groups excluding carboxylic acids is 2. The number of aromatic nitrogens is 1. The first kappa shape index (κ1) is 21.5. The molecule has 5 nitrogen and oxygen atoms in total. The van der Waals surface area contributed by atoms with Gasteiger partial charge in [-0.25, -0.2) is 9.78 Å². The summed E-state index contributed by atoms with van der Waals surface area (Å²) in [4.78, 5) is 31.3. The van der Waals surface area contributed by atoms with Crippen LogP contribution in [0.1, 0.15) is 37.8 Å². The second-order valence-corrected chi connectivity index (χ2v) is 9.12. The molecule has 1 aliphatic rings. The van der Waals surface area contributed by atoms with Crippen LogP contribution in [-0.4, -0.2) is 16.7 Å². The molecular formula is C24H21BrN2O3S. The zero-order valence-electron chi connectivity index (χ0n) is 17.4. The molecule has 1 unspecified atom stereocenters. The van der Waals surface area contributed by atoms with E-state index in [1.54, 1.807) is 6.20 Å². The quantitative estimate of drug-likeness (QED) is 0.463. The minimum absolute atomic E-state index is 0.0816. The Morgan fingerprint density at radius 3 is 2.61 bits per heavy atom. The number of ether oxygens (including phenoxy) is 1. The Kier molecular flexibility index (Phi) is 6.07. The summed E-state index contributed by atoms with van der Waals surface area (Å²) < 4.78 is 6.59. The Hall–Kier alpha value is -2.77. The topological polar surface area (TPSA) is 68.3 Å². The number of esters is 1. The molecule has 0 saturated heterocycles. The first-order chi connectivity index (χ1) is 14.9. The molecule has 1 aliphatic heterocycles. The molecule has 0 amide bonds. The lowest BCUT2D eigenvalue weighted by Crippen LogP contribution is -2.31. The molecule has 4 rings (SSSR count). The Labute approximate surface area is 193 Å². The minimum Gasteiger partial charge on any atom is -0.457 e. The van der Waals surface area contributed by atoms with Gasteiger partial charge in [0.05, 0.1) is 5.57 Å². The van der Waals surface area contributed by atoms with Crippen molar-refractivity contribution in [2.24, 2.45) is 0 Å². The summed E-state index contributed by atoms with van der Waals surface area (Å²) in [6, 6.07) is 11.5. The number of thiophene rings is 1. The molecule has 0 bridgehead atoms. The summed E-state index contributed by atoms with van der Waals surface area (Å²) in [5.74, 6) is -1.04. The molecule has 0 radical (unpaired) electrons. The van der Waals surface area contributed by atoms with Gasteiger partial charge in [0, 0.05) is 44.5 Å². The molecule has 0 fully saturated rings. The van der Waals surface area contributed by atoms with Crippen molar-refractivity contribution >= 4 is 49.2 Å². The number of Topliss-reactive ketones (excluding diaryl/α,β-unsaturated/α-hetero) is 1. The van der Waals surface area contributed by atoms with E-state index in [9.17, 15) is 9.59 Å². The van der Waals surface area contributed by atoms with Crippen LogP contribution in [-0.2, 0) is 20.9 Å². The minimum atomic E-state index is -0.511. The Morgan fingerprint density at radius 2 is 1.87 bits per heavy atom. The Morgan fingerprint density at radius 1 is 1.13 bits per heavy atom. The number of hydrogen-bond acceptors (Lipinski definition) is 6. The number of nitrogens with zero attached hydrogens (tertiary/aromatic N) is 1. The Balaban J connectivity index is 1.77. The summed E-state index contributed by atoms with van der Waals surface area (Å²) in [6.45, 7) is 5.37. The average molecular weight is 497 g/mol. The molecule has 1 atom stereocenters. The van der Waals surface area contributed by atoms with Gasteiger partial charge in [-0.05, 0) is 43.8 Å². The number of fused-ring (bicyclic) bond motifs is 1. The number of carbonyl (C=O) groups is 2. The zero-order chi connectivity index (χ0) is 22.1. The van der Waals surface area contributed by atoms with E-state index in [-0.39, 0.29) is 12.4 Å². The summed E-state index contributed by atoms with van der Waals surface area (Å²) >= 11 is 4.99. The number of dihydropyridines is 1. The first-order valence-corrected chi connectivity index (χ1v) is 11.5. The fourth-order valence-corrected chi connectivity index (χ4v) is 5.33. The second-order valence-electron chi connectivity index (χ2n) is 7.41. The number of benzene rings is 1. The van der Waals surface area contributed by atoms with Crippen LogP contribution < -0.4 is 5.32 Å². The molecule has 2 aromatic heterocycles. The van der Waals surface area contributed by atoms with Crippen molar-refractivity contribution in [3.63, 3.8) is 0 Å². The van der Waals surface area contributed by atoms with Gasteiger partial charge in [0.1, 0.15) is 11.4 Å². The van der Waals surface area contributed by atoms with Crippen molar-refractivity contribution in [3.05, 3.63) is 86.1 Å². The average Bonchev–Trinajstić information content (AvgIpc) is 3.16. The van der Waals surface area contributed by atoms with Gasteiger partial charge in [0.2, 0.25) is 0 Å². The number of rotatable bonds is 5. The van der Waals surface area contributed by atoms with Gasteiger partial charge in [-0.2, -0.15) is 0 Å². The number of pyridine rings is 1. The zero-order valence-corrected chi connectivity index (χ0v) is 19.8. The van der Waals surface area contributed by atoms with E-state index in [2.05, 4.69) is 26.2 Å². The normalized spacial score (nSPS) is 16.5. The first-order valence-electron chi connectivity index (χ1n) is 9.80. The van der Waals surface area contributed by atoms with Crippen LogP contribution in [0.2, 0.25) is 0 Å². The highest BCUT2D eigenvalue weighted by atomic mass is 79.9. The van der Waals surface area contributed by atoms with Gasteiger partial charge in [0.15, 0.2) is 5.78 Å². The number of ketones is 1. The van der Waals surface area contributed by atoms with E-state index < -0.39 is 11.9 Å². The van der Waals surface area contributed by atoms with Crippen molar-refractivity contribution in [2.45, 2.75) is 33.3 Å². The lowest BCUT2D eigenvalue weighted by atomic mass is 9.79. The van der Waals surface area contributed by atoms with Gasteiger partial charge < -0.3 is 10.1 Å². The van der Waals surface area contributed by atoms with Gasteiger partial charge in [-0.15, -0.1) is 11.3 Å². The maximum Gasteiger partial charge on any atom is 0.337 e. The molecule has 0 aliphatic carbocycles. The van der Waals surface area contributed by atoms with Gasteiger partial charge in [-0.1, -0.05) is 40.2 Å². The van der Waals surface area contributed by atoms with Crippen LogP contribution in [0.5, 0.6) is 0 Å². The fourth-order valence-electron chi connectivity index (χ4n) is 3.99. The van der Waals surface area contributed by atoms with E-state index in [4.69, 9.17) is 4.74 Å². The molecule has 31 heavy (non-hydrogen) atoms. The van der Waals surface area contributed by atoms with Gasteiger partial charge in [0.25, 0.3) is 0 Å². The molecule has 3 aromatic rings. The Bertz CT molecular complexity index is 1260. The number of halogens is 1. The number of allylic oxidation sites excluding steroid dienone is 3. The fraction of sp³-hybridized carbons (Fsp3) is 0.208. The molecule has 7 heteroatoms. The highest BCUT2D eigenvalue weighted by molar-refractivity contribution is 9.10. The lowest BCUT2D eigenvalue weighted by Gasteiger charge is -2.30. The highest BCUT2D eigenvalue weighted by Gasteiger charge is 2.37. The smallest absolute Gasteiger partial charge is 0.337 e. The van der Waals surface area contributed by atoms with Crippen molar-refractivity contribution in [3.8, 4) is 0 Å². The van der Waals surface area contributed by atoms with Crippen molar-refractivity contribution in [1.82, 2.24) is 10.3 Å². The number of nitrogens with one attached hydrogen (secondary N) is 1. The predicted octanol–water partition coefficient (Wildman–Crippen LogP) is 5.63. The van der Waals surface area contributed by atoms with Crippen LogP contribution in [0.4, 0.5) is 0 Å². The second kappa shape index (κ2) is 8.77. The van der Waals surface area contributed by atoms with Crippen LogP contribution in [0.25, 0.3) is 10.2 Å². The molecule has 1 N–H and O–H groups in total. The summed E-state index contributed by atoms with van der Waals surface area (Å²) in [7, 11) is 0. The molecule has 0 spiro atoms. The van der Waals surface area contributed by atoms with Gasteiger partial charge in [-0.3, -0.25) is 4.79 Å². The van der Waals surface area contributed by atoms with Crippen LogP contribution in [0, 0.1) is 0 Å². The molecule has 1 aromatic carbocycles. The van der Waals surface area contributed by atoms with Gasteiger partial charge >= 0.3 is 5.97 Å². The monoisotopic (exact) mass is 496 g/mol. The molecular weight excluding hydrogens is 476 g/mol. The third kappa shape index (κ3) is 4.07. The lowest BCUT2D eigenvalue weighted by molar-refractivity contribution is -0.140. The molecule has 0 saturated carbocycles. The number of hydrogen-bond donors (Lipinski definition) is 1. The van der Waals surface area contributed by atoms with Crippen LogP contribution >= 0.6 is 27.3 Å². The SMILES string of the molecule is CC(=O)C1=C(C)NC(C)=C(C(=O)OCc2ccccc2Br)C1c1csc2ncccc12. The largest absolute Gasteiger partial charge is 0.457 e. The third-order valence-corrected chi connectivity index (χ3v) is 7.06. The van der Waals surface area contributed by atoms with E-state index in [0.29, 0.717) is 16.8 Å². The van der Waals surface area contributed by atoms with E-state index in [1.165, 1.54) is 18.3 Å². The van der Waals surface area contributed by atoms with Crippen molar-refractivity contribution < 1.29 is 14.3 Å². The highest BCUT2D eigenvalue weighted by Crippen LogP contribution is 2.43. The van der Waals surface area contributed by atoms with Crippen LogP contribution in [0.15, 0.2) is 75.0 Å². The maximum absolute atomic E-state index is 13.3. The predicted molar refractivity (Wildman–Crippen MR) is 126 cm³/mol. The summed E-state index contributed by atoms with van der Waals surface area (Å²) in [6.07, 6.45) is 1.74. The van der Waals surface area contributed by atoms with Crippen LogP contribution in [0.3, 0.4) is 0 Å². The van der Waals surface area contributed by atoms with E-state index >= 15 is 0 Å². The standard InChI is InChI=1S/C24H21BrN2O3S/c1-13-20(15(3)28)22(18-12-31-23-17(18)8-6-10-26-23)21(14(2)27-13)24(29)30-11-16-7-4-5-9-19(16)25/h4-10,12,22,27H,11H2,1-3H3. The summed E-state index contributed by atoms with van der Waals surface area (Å²) in [5.41, 5.74) is 4.23.